The standard InChI is InChI=1S/C27H32N6O5S/c1-33(2,3)15-9-8-12-20-26(35)31(27(36)30-20)22(24(28)34)16-18-17-10-4-5-11-19(17)29-25(18)39-23-14-7-6-13-21(23)32(37)38/h4-7,10-11,13-14,20,22,29H,8-9,12,15-16H2,1-3H3,(H2-,28,30,34,36)/p+1/t20-,22-/m0/s1. The number of carbonyl (C=O) groups is 3. The van der Waals surface area contributed by atoms with E-state index in [0.717, 1.165) is 51.4 Å². The summed E-state index contributed by atoms with van der Waals surface area (Å²) in [6, 6.07) is 11.2. The fraction of sp³-hybridized carbons (Fsp3) is 0.370. The number of benzene rings is 2. The Balaban J connectivity index is 1.61. The Hall–Kier alpha value is -3.90. The van der Waals surface area contributed by atoms with E-state index in [1.165, 1.54) is 6.07 Å². The molecule has 4 rings (SSSR count). The molecule has 2 atom stereocenters. The van der Waals surface area contributed by atoms with Crippen molar-refractivity contribution in [1.82, 2.24) is 15.2 Å². The van der Waals surface area contributed by atoms with Crippen molar-refractivity contribution in [3.63, 3.8) is 0 Å². The number of quaternary nitrogens is 1. The number of fused-ring (bicyclic) bond motifs is 1. The average molecular weight is 554 g/mol. The first kappa shape index (κ1) is 28.1. The van der Waals surface area contributed by atoms with E-state index in [4.69, 9.17) is 5.73 Å². The van der Waals surface area contributed by atoms with Crippen molar-refractivity contribution in [2.75, 3.05) is 27.7 Å². The minimum absolute atomic E-state index is 0.0320. The van der Waals surface area contributed by atoms with Crippen LogP contribution >= 0.6 is 11.8 Å². The van der Waals surface area contributed by atoms with Crippen LogP contribution < -0.4 is 11.1 Å². The number of nitrogens with one attached hydrogen (secondary N) is 2. The number of rotatable bonds is 12. The van der Waals surface area contributed by atoms with E-state index in [2.05, 4.69) is 31.4 Å². The summed E-state index contributed by atoms with van der Waals surface area (Å²) in [7, 11) is 6.28. The molecule has 4 amide bonds. The van der Waals surface area contributed by atoms with Crippen LogP contribution in [0.3, 0.4) is 0 Å². The predicted octanol–water partition coefficient (Wildman–Crippen LogP) is 3.42. The predicted molar refractivity (Wildman–Crippen MR) is 148 cm³/mol. The number of urea groups is 1. The van der Waals surface area contributed by atoms with Crippen LogP contribution in [-0.2, 0) is 16.0 Å². The van der Waals surface area contributed by atoms with Crippen LogP contribution in [-0.4, -0.2) is 76.9 Å². The number of imide groups is 1. The van der Waals surface area contributed by atoms with Crippen LogP contribution in [0.4, 0.5) is 10.5 Å². The third kappa shape index (κ3) is 6.40. The molecule has 4 N–H and O–H groups in total. The molecule has 1 fully saturated rings. The second-order valence-electron chi connectivity index (χ2n) is 10.6. The maximum atomic E-state index is 13.3. The van der Waals surface area contributed by atoms with E-state index in [-0.39, 0.29) is 12.1 Å². The normalized spacial score (nSPS) is 16.5. The first-order chi connectivity index (χ1) is 18.5. The monoisotopic (exact) mass is 553 g/mol. The number of nitrogens with zero attached hydrogens (tertiary/aromatic N) is 3. The molecule has 0 saturated carbocycles. The van der Waals surface area contributed by atoms with Crippen molar-refractivity contribution in [1.29, 1.82) is 0 Å². The van der Waals surface area contributed by atoms with Gasteiger partial charge in [0.1, 0.15) is 12.1 Å². The summed E-state index contributed by atoms with van der Waals surface area (Å²) in [6.07, 6.45) is 2.08. The third-order valence-electron chi connectivity index (χ3n) is 6.71. The van der Waals surface area contributed by atoms with E-state index < -0.39 is 34.9 Å². The maximum absolute atomic E-state index is 13.3. The van der Waals surface area contributed by atoms with E-state index in [1.54, 1.807) is 18.2 Å². The lowest BCUT2D eigenvalue weighted by Crippen LogP contribution is -2.49. The highest BCUT2D eigenvalue weighted by Crippen LogP contribution is 2.39. The molecule has 1 aromatic heterocycles. The number of unbranched alkanes of at least 4 members (excludes halogenated alkanes) is 1. The van der Waals surface area contributed by atoms with Gasteiger partial charge in [-0.25, -0.2) is 9.69 Å². The quantitative estimate of drug-likeness (QED) is 0.103. The summed E-state index contributed by atoms with van der Waals surface area (Å²) in [5.41, 5.74) is 7.10. The van der Waals surface area contributed by atoms with Gasteiger partial charge in [-0.05, 0) is 37.0 Å². The zero-order valence-electron chi connectivity index (χ0n) is 22.2. The fourth-order valence-electron chi connectivity index (χ4n) is 4.76. The molecule has 11 nitrogen and oxygen atoms in total. The van der Waals surface area contributed by atoms with E-state index >= 15 is 0 Å². The summed E-state index contributed by atoms with van der Waals surface area (Å²) in [4.78, 5) is 54.6. The number of primary amides is 1. The summed E-state index contributed by atoms with van der Waals surface area (Å²) in [5.74, 6) is -1.28. The maximum Gasteiger partial charge on any atom is 0.325 e. The van der Waals surface area contributed by atoms with Gasteiger partial charge in [0.2, 0.25) is 5.91 Å². The van der Waals surface area contributed by atoms with Gasteiger partial charge < -0.3 is 20.5 Å². The van der Waals surface area contributed by atoms with Crippen molar-refractivity contribution in [2.24, 2.45) is 5.73 Å². The van der Waals surface area contributed by atoms with Gasteiger partial charge in [-0.1, -0.05) is 42.1 Å². The van der Waals surface area contributed by atoms with Crippen molar-refractivity contribution < 1.29 is 23.8 Å². The molecule has 3 aromatic rings. The smallest absolute Gasteiger partial charge is 0.325 e. The minimum atomic E-state index is -1.22. The Bertz CT molecular complexity index is 1420. The highest BCUT2D eigenvalue weighted by molar-refractivity contribution is 7.99. The Labute approximate surface area is 230 Å². The highest BCUT2D eigenvalue weighted by atomic mass is 32.2. The zero-order chi connectivity index (χ0) is 28.3. The number of hydrogen-bond donors (Lipinski definition) is 3. The van der Waals surface area contributed by atoms with Crippen molar-refractivity contribution in [3.05, 3.63) is 64.2 Å². The topological polar surface area (TPSA) is 151 Å². The fourth-order valence-corrected chi connectivity index (χ4v) is 5.85. The SMILES string of the molecule is C[N+](C)(C)CCCC[C@@H]1NC(=O)N([C@@H](Cc2c(Sc3ccccc3[N+](=O)[O-])[nH]c3ccccc23)C(N)=O)C1=O. The zero-order valence-corrected chi connectivity index (χ0v) is 23.0. The second kappa shape index (κ2) is 11.5. The lowest BCUT2D eigenvalue weighted by atomic mass is 10.0. The van der Waals surface area contributed by atoms with E-state index in [0.29, 0.717) is 21.9 Å². The number of carbonyl (C=O) groups excluding carboxylic acids is 3. The Morgan fingerprint density at radius 1 is 1.13 bits per heavy atom. The number of H-pyrrole nitrogens is 1. The number of aromatic amines is 1. The van der Waals surface area contributed by atoms with Crippen LogP contribution in [0.2, 0.25) is 0 Å². The van der Waals surface area contributed by atoms with Gasteiger partial charge in [-0.2, -0.15) is 0 Å². The molecule has 0 radical (unpaired) electrons. The third-order valence-corrected chi connectivity index (χ3v) is 7.83. The Kier molecular flexibility index (Phi) is 8.26. The number of aromatic nitrogens is 1. The molecule has 0 bridgehead atoms. The number of para-hydroxylation sites is 2. The Morgan fingerprint density at radius 3 is 2.51 bits per heavy atom. The molecule has 2 heterocycles. The number of hydrogen-bond acceptors (Lipinski definition) is 6. The lowest BCUT2D eigenvalue weighted by molar-refractivity contribution is -0.870. The number of nitro groups is 1. The summed E-state index contributed by atoms with van der Waals surface area (Å²) in [5, 5.41) is 15.6. The molecule has 0 spiro atoms. The molecule has 1 saturated heterocycles. The largest absolute Gasteiger partial charge is 0.368 e. The first-order valence-electron chi connectivity index (χ1n) is 12.7. The molecule has 1 aliphatic rings. The molecule has 2 aromatic carbocycles. The first-order valence-corrected chi connectivity index (χ1v) is 13.5. The van der Waals surface area contributed by atoms with Gasteiger partial charge in [0.25, 0.3) is 11.6 Å². The second-order valence-corrected chi connectivity index (χ2v) is 11.7. The molecular weight excluding hydrogens is 520 g/mol. The number of nitrogens with two attached hydrogens (primary N) is 1. The molecule has 1 aliphatic heterocycles. The summed E-state index contributed by atoms with van der Waals surface area (Å²) < 4.78 is 0.804. The molecule has 12 heteroatoms. The van der Waals surface area contributed by atoms with E-state index in [9.17, 15) is 24.5 Å². The van der Waals surface area contributed by atoms with Gasteiger partial charge in [0.15, 0.2) is 0 Å². The number of nitro benzene ring substituents is 1. The van der Waals surface area contributed by atoms with Crippen LogP contribution in [0.5, 0.6) is 0 Å². The van der Waals surface area contributed by atoms with Crippen LogP contribution in [0.1, 0.15) is 24.8 Å². The molecule has 0 aliphatic carbocycles. The van der Waals surface area contributed by atoms with Crippen LogP contribution in [0.15, 0.2) is 58.5 Å². The number of amides is 4. The lowest BCUT2D eigenvalue weighted by Gasteiger charge is -2.24. The summed E-state index contributed by atoms with van der Waals surface area (Å²) in [6.45, 7) is 0.934. The molecular formula is C27H33N6O5S+. The minimum Gasteiger partial charge on any atom is -0.368 e. The van der Waals surface area contributed by atoms with Crippen molar-refractivity contribution >= 4 is 46.2 Å². The van der Waals surface area contributed by atoms with Gasteiger partial charge in [0, 0.05) is 23.4 Å². The van der Waals surface area contributed by atoms with Crippen molar-refractivity contribution in [3.8, 4) is 0 Å². The van der Waals surface area contributed by atoms with Gasteiger partial charge >= 0.3 is 6.03 Å². The van der Waals surface area contributed by atoms with Gasteiger partial charge in [-0.3, -0.25) is 19.7 Å². The molecule has 206 valence electrons. The van der Waals surface area contributed by atoms with Gasteiger partial charge in [-0.15, -0.1) is 0 Å². The summed E-state index contributed by atoms with van der Waals surface area (Å²) >= 11 is 1.15. The van der Waals surface area contributed by atoms with Gasteiger partial charge in [0.05, 0.1) is 42.5 Å². The Morgan fingerprint density at radius 2 is 1.82 bits per heavy atom. The highest BCUT2D eigenvalue weighted by Gasteiger charge is 2.44. The average Bonchev–Trinajstić information content (AvgIpc) is 3.35. The van der Waals surface area contributed by atoms with E-state index in [1.807, 2.05) is 24.3 Å². The molecule has 0 unspecified atom stereocenters. The molecule has 39 heavy (non-hydrogen) atoms. The van der Waals surface area contributed by atoms with Crippen molar-refractivity contribution in [2.45, 2.75) is 47.7 Å². The van der Waals surface area contributed by atoms with Crippen LogP contribution in [0.25, 0.3) is 10.9 Å². The van der Waals surface area contributed by atoms with Crippen LogP contribution in [0, 0.1) is 10.1 Å².